The molecule has 4 heterocycles. The number of halogens is 2. The molecule has 3 fully saturated rings. The number of pyridine rings is 1. The molecule has 2 aromatic heterocycles. The standard InChI is InChI=1S/C31H39F2N5O2/c1-20(2)21-4-6-24(7-5-21)31(39,30(3)18-37(19-30)17-27(32)33)25-14-23(15-34-16-25)28-35-29(22-10-12-40-13-11-22)38(36-28)26-8-9-26/h4-7,14-16,20,22,26-27,39H,8-13,17-19H2,1-3H3. The number of benzene rings is 1. The molecular formula is C31H39F2N5O2. The smallest absolute Gasteiger partial charge is 0.251 e. The molecule has 1 atom stereocenters. The van der Waals surface area contributed by atoms with Crippen molar-refractivity contribution in [3.63, 3.8) is 0 Å². The molecule has 1 aliphatic carbocycles. The predicted molar refractivity (Wildman–Crippen MR) is 148 cm³/mol. The topological polar surface area (TPSA) is 76.3 Å². The third-order valence-electron chi connectivity index (χ3n) is 8.96. The minimum absolute atomic E-state index is 0.298. The van der Waals surface area contributed by atoms with Crippen molar-refractivity contribution in [2.45, 2.75) is 76.4 Å². The van der Waals surface area contributed by atoms with Gasteiger partial charge in [-0.05, 0) is 48.8 Å². The second kappa shape index (κ2) is 10.6. The minimum Gasteiger partial charge on any atom is -0.381 e. The van der Waals surface area contributed by atoms with Crippen LogP contribution in [0.4, 0.5) is 8.78 Å². The molecule has 6 rings (SSSR count). The molecule has 3 aromatic rings. The first-order chi connectivity index (χ1) is 19.2. The van der Waals surface area contributed by atoms with Crippen LogP contribution in [-0.4, -0.2) is 69.0 Å². The Morgan fingerprint density at radius 2 is 1.75 bits per heavy atom. The average molecular weight is 552 g/mol. The Hall–Kier alpha value is -2.75. The predicted octanol–water partition coefficient (Wildman–Crippen LogP) is 5.52. The van der Waals surface area contributed by atoms with E-state index in [-0.39, 0.29) is 6.54 Å². The van der Waals surface area contributed by atoms with Crippen molar-refractivity contribution in [3.8, 4) is 11.4 Å². The number of likely N-dealkylation sites (tertiary alicyclic amines) is 1. The molecule has 0 amide bonds. The fraction of sp³-hybridized carbons (Fsp3) is 0.581. The van der Waals surface area contributed by atoms with Crippen molar-refractivity contribution in [1.82, 2.24) is 24.6 Å². The summed E-state index contributed by atoms with van der Waals surface area (Å²) in [6.07, 6.45) is 5.11. The average Bonchev–Trinajstić information content (AvgIpc) is 3.69. The van der Waals surface area contributed by atoms with Gasteiger partial charge in [0, 0.05) is 61.2 Å². The van der Waals surface area contributed by atoms with Crippen LogP contribution in [0.5, 0.6) is 0 Å². The van der Waals surface area contributed by atoms with Gasteiger partial charge in [-0.3, -0.25) is 9.88 Å². The van der Waals surface area contributed by atoms with E-state index in [0.717, 1.165) is 55.8 Å². The minimum atomic E-state index is -2.41. The largest absolute Gasteiger partial charge is 0.381 e. The fourth-order valence-corrected chi connectivity index (χ4v) is 6.51. The molecule has 40 heavy (non-hydrogen) atoms. The van der Waals surface area contributed by atoms with Crippen molar-refractivity contribution in [3.05, 3.63) is 65.2 Å². The van der Waals surface area contributed by atoms with Crippen molar-refractivity contribution in [2.75, 3.05) is 32.8 Å². The van der Waals surface area contributed by atoms with E-state index >= 15 is 0 Å². The second-order valence-electron chi connectivity index (χ2n) is 12.4. The van der Waals surface area contributed by atoms with Gasteiger partial charge in [0.15, 0.2) is 5.82 Å². The molecule has 7 nitrogen and oxygen atoms in total. The van der Waals surface area contributed by atoms with E-state index in [1.54, 1.807) is 17.3 Å². The van der Waals surface area contributed by atoms with Gasteiger partial charge in [0.1, 0.15) is 11.4 Å². The molecule has 0 radical (unpaired) electrons. The molecule has 2 saturated heterocycles. The van der Waals surface area contributed by atoms with Gasteiger partial charge in [0.2, 0.25) is 0 Å². The normalized spacial score (nSPS) is 21.5. The Morgan fingerprint density at radius 1 is 1.05 bits per heavy atom. The second-order valence-corrected chi connectivity index (χ2v) is 12.4. The highest BCUT2D eigenvalue weighted by Gasteiger charge is 2.56. The highest BCUT2D eigenvalue weighted by atomic mass is 19.3. The molecule has 1 unspecified atom stereocenters. The lowest BCUT2D eigenvalue weighted by Gasteiger charge is -2.56. The zero-order chi connectivity index (χ0) is 28.1. The van der Waals surface area contributed by atoms with Gasteiger partial charge in [-0.15, -0.1) is 0 Å². The first-order valence-electron chi connectivity index (χ1n) is 14.5. The summed E-state index contributed by atoms with van der Waals surface area (Å²) in [5.41, 5.74) is 1.15. The van der Waals surface area contributed by atoms with E-state index in [4.69, 9.17) is 14.8 Å². The quantitative estimate of drug-likeness (QED) is 0.378. The van der Waals surface area contributed by atoms with Gasteiger partial charge >= 0.3 is 0 Å². The van der Waals surface area contributed by atoms with Gasteiger partial charge < -0.3 is 9.84 Å². The van der Waals surface area contributed by atoms with Crippen molar-refractivity contribution in [2.24, 2.45) is 5.41 Å². The molecular weight excluding hydrogens is 512 g/mol. The molecule has 214 valence electrons. The zero-order valence-electron chi connectivity index (χ0n) is 23.6. The Labute approximate surface area is 234 Å². The van der Waals surface area contributed by atoms with Crippen LogP contribution in [-0.2, 0) is 10.3 Å². The van der Waals surface area contributed by atoms with Gasteiger partial charge in [0.25, 0.3) is 6.43 Å². The Kier molecular flexibility index (Phi) is 7.25. The summed E-state index contributed by atoms with van der Waals surface area (Å²) < 4.78 is 34.0. The number of alkyl halides is 2. The molecule has 0 spiro atoms. The van der Waals surface area contributed by atoms with Crippen LogP contribution in [0.25, 0.3) is 11.4 Å². The molecule has 3 aliphatic rings. The molecule has 2 aliphatic heterocycles. The summed E-state index contributed by atoms with van der Waals surface area (Å²) in [4.78, 5) is 11.3. The van der Waals surface area contributed by atoms with Crippen molar-refractivity contribution in [1.29, 1.82) is 0 Å². The Morgan fingerprint density at radius 3 is 2.38 bits per heavy atom. The van der Waals surface area contributed by atoms with E-state index in [0.29, 0.717) is 42.4 Å². The van der Waals surface area contributed by atoms with Gasteiger partial charge in [-0.25, -0.2) is 18.4 Å². The van der Waals surface area contributed by atoms with Crippen LogP contribution in [0.1, 0.15) is 86.8 Å². The van der Waals surface area contributed by atoms with Crippen LogP contribution in [0.15, 0.2) is 42.7 Å². The molecule has 9 heteroatoms. The van der Waals surface area contributed by atoms with E-state index in [9.17, 15) is 13.9 Å². The lowest BCUT2D eigenvalue weighted by Crippen LogP contribution is -2.65. The maximum absolute atomic E-state index is 13.2. The highest BCUT2D eigenvalue weighted by molar-refractivity contribution is 5.56. The zero-order valence-corrected chi connectivity index (χ0v) is 23.6. The van der Waals surface area contributed by atoms with E-state index in [1.165, 1.54) is 5.56 Å². The number of aliphatic hydroxyl groups is 1. The number of ether oxygens (including phenoxy) is 1. The van der Waals surface area contributed by atoms with Crippen LogP contribution in [0.3, 0.4) is 0 Å². The third-order valence-corrected chi connectivity index (χ3v) is 8.96. The van der Waals surface area contributed by atoms with Crippen molar-refractivity contribution < 1.29 is 18.6 Å². The Bertz CT molecular complexity index is 1330. The summed E-state index contributed by atoms with van der Waals surface area (Å²) in [5.74, 6) is 2.29. The lowest BCUT2D eigenvalue weighted by atomic mass is 9.62. The first-order valence-corrected chi connectivity index (χ1v) is 14.5. The fourth-order valence-electron chi connectivity index (χ4n) is 6.51. The van der Waals surface area contributed by atoms with Crippen LogP contribution >= 0.6 is 0 Å². The number of nitrogens with zero attached hydrogens (tertiary/aromatic N) is 5. The Balaban J connectivity index is 1.39. The van der Waals surface area contributed by atoms with Gasteiger partial charge in [0.05, 0.1) is 12.6 Å². The lowest BCUT2D eigenvalue weighted by molar-refractivity contribution is -0.144. The van der Waals surface area contributed by atoms with E-state index < -0.39 is 17.4 Å². The SMILES string of the molecule is CC(C)c1ccc(C(O)(c2cncc(-c3nc(C4CCOCC4)n(C4CC4)n3)c2)C2(C)CN(CC(F)F)C2)cc1. The number of rotatable bonds is 9. The van der Waals surface area contributed by atoms with Crippen molar-refractivity contribution >= 4 is 0 Å². The summed E-state index contributed by atoms with van der Waals surface area (Å²) in [5, 5.41) is 17.6. The summed E-state index contributed by atoms with van der Waals surface area (Å²) >= 11 is 0. The summed E-state index contributed by atoms with van der Waals surface area (Å²) in [6.45, 7) is 8.11. The number of hydrogen-bond acceptors (Lipinski definition) is 6. The first kappa shape index (κ1) is 27.4. The molecule has 1 saturated carbocycles. The van der Waals surface area contributed by atoms with E-state index in [2.05, 4.69) is 23.5 Å². The maximum atomic E-state index is 13.2. The molecule has 1 aromatic carbocycles. The van der Waals surface area contributed by atoms with Crippen LogP contribution < -0.4 is 0 Å². The monoisotopic (exact) mass is 551 g/mol. The molecule has 0 bridgehead atoms. The van der Waals surface area contributed by atoms with E-state index in [1.807, 2.05) is 37.3 Å². The van der Waals surface area contributed by atoms with Crippen LogP contribution in [0, 0.1) is 5.41 Å². The summed E-state index contributed by atoms with van der Waals surface area (Å²) in [6, 6.07) is 10.3. The maximum Gasteiger partial charge on any atom is 0.251 e. The number of aromatic nitrogens is 4. The van der Waals surface area contributed by atoms with Gasteiger partial charge in [-0.1, -0.05) is 45.0 Å². The summed E-state index contributed by atoms with van der Waals surface area (Å²) in [7, 11) is 0. The molecule has 1 N–H and O–H groups in total. The van der Waals surface area contributed by atoms with Gasteiger partial charge in [-0.2, -0.15) is 5.10 Å². The highest BCUT2D eigenvalue weighted by Crippen LogP contribution is 2.51. The van der Waals surface area contributed by atoms with Crippen LogP contribution in [0.2, 0.25) is 0 Å². The number of hydrogen-bond donors (Lipinski definition) is 1. The third kappa shape index (κ3) is 4.97.